The lowest BCUT2D eigenvalue weighted by Crippen LogP contribution is -2.49. The van der Waals surface area contributed by atoms with E-state index in [1.54, 1.807) is 25.3 Å². The Bertz CT molecular complexity index is 1400. The summed E-state index contributed by atoms with van der Waals surface area (Å²) in [6.45, 7) is 1.96. The minimum atomic E-state index is -0.391. The van der Waals surface area contributed by atoms with Gasteiger partial charge in [-0.25, -0.2) is 4.99 Å². The van der Waals surface area contributed by atoms with Crippen LogP contribution in [0, 0.1) is 6.92 Å². The van der Waals surface area contributed by atoms with Gasteiger partial charge < -0.3 is 24.3 Å². The van der Waals surface area contributed by atoms with Gasteiger partial charge in [0.2, 0.25) is 5.75 Å². The summed E-state index contributed by atoms with van der Waals surface area (Å²) >= 11 is 5.55. The van der Waals surface area contributed by atoms with Crippen LogP contribution < -0.4 is 29.7 Å². The van der Waals surface area contributed by atoms with E-state index in [9.17, 15) is 4.79 Å². The Balaban J connectivity index is 1.68. The van der Waals surface area contributed by atoms with Gasteiger partial charge >= 0.3 is 0 Å². The monoisotopic (exact) mass is 532 g/mol. The summed E-state index contributed by atoms with van der Waals surface area (Å²) in [6.07, 6.45) is 1.65. The lowest BCUT2D eigenvalue weighted by molar-refractivity contribution is -0.123. The minimum Gasteiger partial charge on any atom is -0.495 e. The van der Waals surface area contributed by atoms with Crippen LogP contribution in [0.25, 0.3) is 6.08 Å². The quantitative estimate of drug-likeness (QED) is 0.322. The van der Waals surface area contributed by atoms with Crippen molar-refractivity contribution in [3.8, 4) is 23.0 Å². The van der Waals surface area contributed by atoms with E-state index in [2.05, 4.69) is 15.7 Å². The van der Waals surface area contributed by atoms with Gasteiger partial charge in [0.15, 0.2) is 22.4 Å². The molecule has 0 unspecified atom stereocenters. The van der Waals surface area contributed by atoms with Crippen molar-refractivity contribution in [1.29, 1.82) is 0 Å². The summed E-state index contributed by atoms with van der Waals surface area (Å²) < 4.78 is 21.7. The number of carbonyl (C=O) groups is 1. The Morgan fingerprint density at radius 2 is 1.55 bits per heavy atom. The molecule has 1 heterocycles. The SMILES string of the molecule is COc1ccc(C)cc1NC(=S)NN1C(=O)/C(=C/c2cc(OC)c(OC)c(OC)c2)N=C1c1ccccc1. The van der Waals surface area contributed by atoms with Crippen LogP contribution in [0.15, 0.2) is 71.4 Å². The van der Waals surface area contributed by atoms with Crippen molar-refractivity contribution in [1.82, 2.24) is 10.4 Å². The zero-order chi connectivity index (χ0) is 27.2. The molecule has 38 heavy (non-hydrogen) atoms. The van der Waals surface area contributed by atoms with Crippen LogP contribution in [0.2, 0.25) is 0 Å². The third-order valence-electron chi connectivity index (χ3n) is 5.70. The van der Waals surface area contributed by atoms with E-state index in [1.165, 1.54) is 26.3 Å². The standard InChI is InChI=1S/C28H28N4O5S/c1-17-11-12-22(34-2)20(13-17)30-28(38)31-32-26(19-9-7-6-8-10-19)29-21(27(32)33)14-18-15-23(35-3)25(37-5)24(16-18)36-4/h6-16H,1-5H3,(H2,30,31,38)/b21-14-. The van der Waals surface area contributed by atoms with Crippen molar-refractivity contribution in [3.05, 3.63) is 83.1 Å². The second kappa shape index (κ2) is 11.7. The molecule has 0 aliphatic carbocycles. The number of carbonyl (C=O) groups excluding carboxylic acids is 1. The predicted octanol–water partition coefficient (Wildman–Crippen LogP) is 4.56. The number of nitrogens with zero attached hydrogens (tertiary/aromatic N) is 2. The van der Waals surface area contributed by atoms with Gasteiger partial charge in [-0.15, -0.1) is 0 Å². The molecule has 0 atom stereocenters. The summed E-state index contributed by atoms with van der Waals surface area (Å²) in [5.41, 5.74) is 6.25. The van der Waals surface area contributed by atoms with Crippen LogP contribution in [-0.4, -0.2) is 50.3 Å². The van der Waals surface area contributed by atoms with Crippen LogP contribution in [-0.2, 0) is 4.79 Å². The van der Waals surface area contributed by atoms with Crippen LogP contribution in [0.1, 0.15) is 16.7 Å². The minimum absolute atomic E-state index is 0.194. The summed E-state index contributed by atoms with van der Waals surface area (Å²) in [5.74, 6) is 2.00. The number of ether oxygens (including phenoxy) is 4. The van der Waals surface area contributed by atoms with E-state index >= 15 is 0 Å². The summed E-state index contributed by atoms with van der Waals surface area (Å²) in [4.78, 5) is 18.2. The van der Waals surface area contributed by atoms with Crippen LogP contribution in [0.3, 0.4) is 0 Å². The molecule has 3 aromatic rings. The Labute approximate surface area is 226 Å². The van der Waals surface area contributed by atoms with Crippen molar-refractivity contribution in [2.24, 2.45) is 4.99 Å². The number of amides is 1. The molecule has 10 heteroatoms. The molecule has 1 aliphatic rings. The summed E-state index contributed by atoms with van der Waals surface area (Å²) in [7, 11) is 6.17. The number of anilines is 1. The zero-order valence-corrected chi connectivity index (χ0v) is 22.5. The number of hydrogen-bond donors (Lipinski definition) is 2. The van der Waals surface area contributed by atoms with Crippen molar-refractivity contribution in [2.75, 3.05) is 33.8 Å². The van der Waals surface area contributed by atoms with E-state index in [-0.39, 0.29) is 10.8 Å². The van der Waals surface area contributed by atoms with Gasteiger partial charge in [-0.3, -0.25) is 10.2 Å². The summed E-state index contributed by atoms with van der Waals surface area (Å²) in [6, 6.07) is 18.5. The Hall–Kier alpha value is -4.57. The molecular weight excluding hydrogens is 504 g/mol. The first-order valence-electron chi connectivity index (χ1n) is 11.6. The van der Waals surface area contributed by atoms with Gasteiger partial charge in [0.05, 0.1) is 34.1 Å². The van der Waals surface area contributed by atoms with Crippen molar-refractivity contribution in [2.45, 2.75) is 6.92 Å². The molecule has 1 amide bonds. The highest BCUT2D eigenvalue weighted by atomic mass is 32.1. The lowest BCUT2D eigenvalue weighted by atomic mass is 10.1. The molecule has 4 rings (SSSR count). The molecule has 0 saturated carbocycles. The first-order valence-corrected chi connectivity index (χ1v) is 12.0. The van der Waals surface area contributed by atoms with Crippen LogP contribution in [0.4, 0.5) is 5.69 Å². The topological polar surface area (TPSA) is 93.7 Å². The highest BCUT2D eigenvalue weighted by molar-refractivity contribution is 7.80. The zero-order valence-electron chi connectivity index (χ0n) is 21.7. The van der Waals surface area contributed by atoms with Gasteiger partial charge in [0, 0.05) is 5.56 Å². The number of aryl methyl sites for hydroxylation is 1. The summed E-state index contributed by atoms with van der Waals surface area (Å²) in [5, 5.41) is 4.62. The first-order chi connectivity index (χ1) is 18.4. The number of aliphatic imine (C=N–C) groups is 1. The molecule has 0 radical (unpaired) electrons. The molecule has 2 N–H and O–H groups in total. The molecule has 0 bridgehead atoms. The normalized spacial score (nSPS) is 13.7. The molecule has 3 aromatic carbocycles. The first kappa shape index (κ1) is 26.5. The fourth-order valence-electron chi connectivity index (χ4n) is 3.92. The number of amidine groups is 1. The number of hydrogen-bond acceptors (Lipinski definition) is 7. The molecule has 0 saturated heterocycles. The highest BCUT2D eigenvalue weighted by Gasteiger charge is 2.32. The third kappa shape index (κ3) is 5.55. The average molecular weight is 533 g/mol. The molecule has 196 valence electrons. The maximum absolute atomic E-state index is 13.6. The smallest absolute Gasteiger partial charge is 0.297 e. The molecule has 1 aliphatic heterocycles. The Morgan fingerprint density at radius 3 is 2.16 bits per heavy atom. The van der Waals surface area contributed by atoms with Crippen LogP contribution >= 0.6 is 12.2 Å². The van der Waals surface area contributed by atoms with E-state index in [0.29, 0.717) is 40.1 Å². The second-order valence-corrected chi connectivity index (χ2v) is 8.61. The molecule has 0 aromatic heterocycles. The third-order valence-corrected chi connectivity index (χ3v) is 5.89. The van der Waals surface area contributed by atoms with E-state index in [4.69, 9.17) is 31.2 Å². The number of thiocarbonyl (C=S) groups is 1. The second-order valence-electron chi connectivity index (χ2n) is 8.20. The molecule has 9 nitrogen and oxygen atoms in total. The fraction of sp³-hybridized carbons (Fsp3) is 0.179. The highest BCUT2D eigenvalue weighted by Crippen LogP contribution is 2.39. The molecule has 0 spiro atoms. The largest absolute Gasteiger partial charge is 0.495 e. The van der Waals surface area contributed by atoms with Crippen molar-refractivity contribution >= 4 is 40.8 Å². The van der Waals surface area contributed by atoms with Gasteiger partial charge in [0.1, 0.15) is 11.4 Å². The fourth-order valence-corrected chi connectivity index (χ4v) is 4.12. The maximum Gasteiger partial charge on any atom is 0.297 e. The predicted molar refractivity (Wildman–Crippen MR) is 151 cm³/mol. The lowest BCUT2D eigenvalue weighted by Gasteiger charge is -2.22. The molecular formula is C28H28N4O5S. The number of hydrazine groups is 1. The number of nitrogens with one attached hydrogen (secondary N) is 2. The van der Waals surface area contributed by atoms with E-state index in [1.807, 2.05) is 55.5 Å². The van der Waals surface area contributed by atoms with Crippen LogP contribution in [0.5, 0.6) is 23.0 Å². The van der Waals surface area contributed by atoms with Gasteiger partial charge in [0.25, 0.3) is 5.91 Å². The van der Waals surface area contributed by atoms with E-state index < -0.39 is 5.91 Å². The van der Waals surface area contributed by atoms with Gasteiger partial charge in [-0.1, -0.05) is 36.4 Å². The van der Waals surface area contributed by atoms with Gasteiger partial charge in [-0.2, -0.15) is 5.01 Å². The number of methoxy groups -OCH3 is 4. The number of benzene rings is 3. The average Bonchev–Trinajstić information content (AvgIpc) is 3.22. The maximum atomic E-state index is 13.6. The molecule has 0 fully saturated rings. The van der Waals surface area contributed by atoms with E-state index in [0.717, 1.165) is 11.1 Å². The van der Waals surface area contributed by atoms with Gasteiger partial charge in [-0.05, 0) is 60.6 Å². The van der Waals surface area contributed by atoms with Crippen molar-refractivity contribution in [3.63, 3.8) is 0 Å². The Kier molecular flexibility index (Phi) is 8.12. The number of rotatable bonds is 8. The Morgan fingerprint density at radius 1 is 0.895 bits per heavy atom. The van der Waals surface area contributed by atoms with Crippen molar-refractivity contribution < 1.29 is 23.7 Å².